The number of piperazine rings is 1. The maximum atomic E-state index is 4.67. The van der Waals surface area contributed by atoms with Crippen molar-refractivity contribution in [2.75, 3.05) is 31.1 Å². The van der Waals surface area contributed by atoms with Crippen molar-refractivity contribution in [2.24, 2.45) is 5.10 Å². The first-order chi connectivity index (χ1) is 12.9. The average molecular weight is 341 g/mol. The second kappa shape index (κ2) is 7.87. The van der Waals surface area contributed by atoms with Gasteiger partial charge in [0.05, 0.1) is 19.3 Å². The first-order valence-electron chi connectivity index (χ1n) is 9.13. The summed E-state index contributed by atoms with van der Waals surface area (Å²) in [6, 6.07) is 29.6. The summed E-state index contributed by atoms with van der Waals surface area (Å²) in [4.78, 5) is 2.42. The van der Waals surface area contributed by atoms with E-state index in [4.69, 9.17) is 0 Å². The molecule has 1 aliphatic heterocycles. The Morgan fingerprint density at radius 1 is 0.615 bits per heavy atom. The fourth-order valence-electron chi connectivity index (χ4n) is 3.25. The van der Waals surface area contributed by atoms with E-state index in [-0.39, 0.29) is 0 Å². The van der Waals surface area contributed by atoms with Crippen LogP contribution in [-0.4, -0.2) is 37.4 Å². The Morgan fingerprint density at radius 3 is 1.85 bits per heavy atom. The van der Waals surface area contributed by atoms with Crippen LogP contribution in [0.1, 0.15) is 5.56 Å². The SMILES string of the molecule is C(=N\N1CCN(c2ccccc2)CC1)/c1ccc(-c2ccccc2)cc1. The molecule has 0 unspecified atom stereocenters. The molecule has 0 radical (unpaired) electrons. The Kier molecular flexibility index (Phi) is 4.97. The van der Waals surface area contributed by atoms with Crippen LogP contribution in [0.4, 0.5) is 5.69 Å². The number of hydrogen-bond acceptors (Lipinski definition) is 3. The lowest BCUT2D eigenvalue weighted by atomic mass is 10.0. The van der Waals surface area contributed by atoms with Crippen molar-refractivity contribution in [3.63, 3.8) is 0 Å². The Morgan fingerprint density at radius 2 is 1.19 bits per heavy atom. The van der Waals surface area contributed by atoms with Crippen LogP contribution in [-0.2, 0) is 0 Å². The molecule has 4 rings (SSSR count). The summed E-state index contributed by atoms with van der Waals surface area (Å²) in [5, 5.41) is 6.82. The van der Waals surface area contributed by atoms with Gasteiger partial charge in [0, 0.05) is 18.8 Å². The van der Waals surface area contributed by atoms with Gasteiger partial charge in [-0.15, -0.1) is 0 Å². The van der Waals surface area contributed by atoms with Crippen LogP contribution in [0.3, 0.4) is 0 Å². The van der Waals surface area contributed by atoms with E-state index in [1.165, 1.54) is 16.8 Å². The van der Waals surface area contributed by atoms with Gasteiger partial charge in [-0.25, -0.2) is 0 Å². The fourth-order valence-corrected chi connectivity index (χ4v) is 3.25. The van der Waals surface area contributed by atoms with Gasteiger partial charge in [-0.05, 0) is 28.8 Å². The molecular formula is C23H23N3. The number of nitrogens with zero attached hydrogens (tertiary/aromatic N) is 3. The highest BCUT2D eigenvalue weighted by atomic mass is 15.5. The Hall–Kier alpha value is -3.07. The van der Waals surface area contributed by atoms with Gasteiger partial charge in [-0.1, -0.05) is 72.8 Å². The summed E-state index contributed by atoms with van der Waals surface area (Å²) >= 11 is 0. The molecule has 3 aromatic carbocycles. The zero-order valence-electron chi connectivity index (χ0n) is 14.8. The van der Waals surface area contributed by atoms with E-state index in [0.717, 1.165) is 31.7 Å². The van der Waals surface area contributed by atoms with E-state index >= 15 is 0 Å². The topological polar surface area (TPSA) is 18.8 Å². The van der Waals surface area contributed by atoms with Gasteiger partial charge in [0.1, 0.15) is 0 Å². The van der Waals surface area contributed by atoms with Crippen LogP contribution in [0.5, 0.6) is 0 Å². The molecule has 1 aliphatic rings. The van der Waals surface area contributed by atoms with Crippen molar-refractivity contribution < 1.29 is 0 Å². The predicted molar refractivity (Wildman–Crippen MR) is 110 cm³/mol. The van der Waals surface area contributed by atoms with Gasteiger partial charge in [0.2, 0.25) is 0 Å². The van der Waals surface area contributed by atoms with Crippen molar-refractivity contribution in [3.8, 4) is 11.1 Å². The van der Waals surface area contributed by atoms with Gasteiger partial charge in [-0.3, -0.25) is 5.01 Å². The van der Waals surface area contributed by atoms with Crippen LogP contribution in [0.25, 0.3) is 11.1 Å². The second-order valence-electron chi connectivity index (χ2n) is 6.51. The first-order valence-corrected chi connectivity index (χ1v) is 9.13. The van der Waals surface area contributed by atoms with Crippen molar-refractivity contribution in [1.29, 1.82) is 0 Å². The number of hydrogen-bond donors (Lipinski definition) is 0. The van der Waals surface area contributed by atoms with Gasteiger partial charge >= 0.3 is 0 Å². The number of benzene rings is 3. The van der Waals surface area contributed by atoms with Crippen LogP contribution in [0, 0.1) is 0 Å². The minimum Gasteiger partial charge on any atom is -0.368 e. The summed E-state index contributed by atoms with van der Waals surface area (Å²) in [6.45, 7) is 3.92. The Bertz CT molecular complexity index is 834. The molecule has 0 aliphatic carbocycles. The van der Waals surface area contributed by atoms with Crippen LogP contribution in [0.2, 0.25) is 0 Å². The molecule has 0 aromatic heterocycles. The lowest BCUT2D eigenvalue weighted by Gasteiger charge is -2.34. The third-order valence-corrected chi connectivity index (χ3v) is 4.77. The third-order valence-electron chi connectivity index (χ3n) is 4.77. The molecule has 0 amide bonds. The van der Waals surface area contributed by atoms with Crippen molar-refractivity contribution >= 4 is 11.9 Å². The van der Waals surface area contributed by atoms with Gasteiger partial charge < -0.3 is 4.90 Å². The third kappa shape index (κ3) is 3.94. The normalized spacial score (nSPS) is 14.8. The minimum absolute atomic E-state index is 0.952. The molecular weight excluding hydrogens is 318 g/mol. The van der Waals surface area contributed by atoms with E-state index in [2.05, 4.69) is 93.9 Å². The van der Waals surface area contributed by atoms with Gasteiger partial charge in [0.15, 0.2) is 0 Å². The average Bonchev–Trinajstić information content (AvgIpc) is 2.74. The zero-order chi connectivity index (χ0) is 17.6. The van der Waals surface area contributed by atoms with E-state index in [1.807, 2.05) is 12.3 Å². The quantitative estimate of drug-likeness (QED) is 0.650. The highest BCUT2D eigenvalue weighted by Gasteiger charge is 2.15. The summed E-state index contributed by atoms with van der Waals surface area (Å²) in [5.74, 6) is 0. The molecule has 3 heteroatoms. The zero-order valence-corrected chi connectivity index (χ0v) is 14.8. The van der Waals surface area contributed by atoms with Crippen molar-refractivity contribution in [1.82, 2.24) is 5.01 Å². The monoisotopic (exact) mass is 341 g/mol. The first kappa shape index (κ1) is 16.4. The number of rotatable bonds is 4. The molecule has 1 fully saturated rings. The molecule has 0 bridgehead atoms. The van der Waals surface area contributed by atoms with Gasteiger partial charge in [0.25, 0.3) is 0 Å². The fraction of sp³-hybridized carbons (Fsp3) is 0.174. The molecule has 0 N–H and O–H groups in total. The molecule has 0 atom stereocenters. The standard InChI is InChI=1S/C23H23N3/c1-3-7-21(8-4-1)22-13-11-20(12-14-22)19-24-26-17-15-25(16-18-26)23-9-5-2-6-10-23/h1-14,19H,15-18H2/b24-19+. The largest absolute Gasteiger partial charge is 0.368 e. The van der Waals surface area contributed by atoms with E-state index in [9.17, 15) is 0 Å². The van der Waals surface area contributed by atoms with E-state index < -0.39 is 0 Å². The molecule has 0 saturated carbocycles. The van der Waals surface area contributed by atoms with Crippen LogP contribution >= 0.6 is 0 Å². The molecule has 3 aromatic rings. The summed E-state index contributed by atoms with van der Waals surface area (Å²) in [7, 11) is 0. The molecule has 26 heavy (non-hydrogen) atoms. The molecule has 1 heterocycles. The van der Waals surface area contributed by atoms with Crippen LogP contribution < -0.4 is 4.90 Å². The molecule has 3 nitrogen and oxygen atoms in total. The summed E-state index contributed by atoms with van der Waals surface area (Å²) < 4.78 is 0. The predicted octanol–water partition coefficient (Wildman–Crippen LogP) is 4.51. The second-order valence-corrected chi connectivity index (χ2v) is 6.51. The highest BCUT2D eigenvalue weighted by molar-refractivity contribution is 5.80. The highest BCUT2D eigenvalue weighted by Crippen LogP contribution is 2.19. The molecule has 1 saturated heterocycles. The lowest BCUT2D eigenvalue weighted by Crippen LogP contribution is -2.44. The number of anilines is 1. The molecule has 130 valence electrons. The number of para-hydroxylation sites is 1. The summed E-state index contributed by atoms with van der Waals surface area (Å²) in [6.07, 6.45) is 1.97. The lowest BCUT2D eigenvalue weighted by molar-refractivity contribution is 0.272. The van der Waals surface area contributed by atoms with Crippen LogP contribution in [0.15, 0.2) is 90.0 Å². The Labute approximate surface area is 155 Å². The van der Waals surface area contributed by atoms with Crippen molar-refractivity contribution in [3.05, 3.63) is 90.5 Å². The smallest absolute Gasteiger partial charge is 0.0542 e. The maximum Gasteiger partial charge on any atom is 0.0542 e. The van der Waals surface area contributed by atoms with E-state index in [0.29, 0.717) is 0 Å². The summed E-state index contributed by atoms with van der Waals surface area (Å²) in [5.41, 5.74) is 4.91. The van der Waals surface area contributed by atoms with Crippen molar-refractivity contribution in [2.45, 2.75) is 0 Å². The number of hydrazone groups is 1. The van der Waals surface area contributed by atoms with E-state index in [1.54, 1.807) is 0 Å². The maximum absolute atomic E-state index is 4.67. The van der Waals surface area contributed by atoms with Gasteiger partial charge in [-0.2, -0.15) is 5.10 Å². The molecule has 0 spiro atoms. The minimum atomic E-state index is 0.952. The Balaban J connectivity index is 1.34.